The maximum atomic E-state index is 12.2. The Morgan fingerprint density at radius 3 is 2.85 bits per heavy atom. The van der Waals surface area contributed by atoms with Crippen molar-refractivity contribution in [2.24, 2.45) is 0 Å². The fourth-order valence-electron chi connectivity index (χ4n) is 2.88. The average molecular weight is 385 g/mol. The summed E-state index contributed by atoms with van der Waals surface area (Å²) in [7, 11) is 0. The van der Waals surface area contributed by atoms with Crippen molar-refractivity contribution < 1.29 is 4.79 Å². The zero-order valence-electron chi connectivity index (χ0n) is 13.9. The molecule has 0 saturated heterocycles. The van der Waals surface area contributed by atoms with E-state index in [4.69, 9.17) is 11.6 Å². The van der Waals surface area contributed by atoms with E-state index in [1.165, 1.54) is 11.3 Å². The van der Waals surface area contributed by atoms with Crippen LogP contribution in [0.1, 0.15) is 5.69 Å². The van der Waals surface area contributed by atoms with E-state index in [0.29, 0.717) is 13.1 Å². The molecule has 3 aromatic heterocycles. The Kier molecular flexibility index (Phi) is 4.77. The molecule has 4 aromatic rings. The van der Waals surface area contributed by atoms with Gasteiger partial charge in [-0.15, -0.1) is 11.3 Å². The van der Waals surface area contributed by atoms with Crippen molar-refractivity contribution in [3.8, 4) is 5.13 Å². The third-order valence-electron chi connectivity index (χ3n) is 4.14. The Balaban J connectivity index is 1.32. The van der Waals surface area contributed by atoms with E-state index in [1.54, 1.807) is 0 Å². The maximum Gasteiger partial charge on any atom is 0.226 e. The Morgan fingerprint density at radius 2 is 2.00 bits per heavy atom. The summed E-state index contributed by atoms with van der Waals surface area (Å²) in [5.74, 6) is -0.0242. The van der Waals surface area contributed by atoms with Crippen LogP contribution in [0.25, 0.3) is 16.0 Å². The van der Waals surface area contributed by atoms with E-state index in [1.807, 2.05) is 64.9 Å². The first-order valence-corrected chi connectivity index (χ1v) is 9.54. The first kappa shape index (κ1) is 16.9. The van der Waals surface area contributed by atoms with Gasteiger partial charge in [-0.3, -0.25) is 4.79 Å². The summed E-state index contributed by atoms with van der Waals surface area (Å²) in [6.45, 7) is 1.25. The number of rotatable bonds is 6. The molecule has 0 fully saturated rings. The largest absolute Gasteiger partial charge is 0.354 e. The second-order valence-electron chi connectivity index (χ2n) is 5.92. The molecule has 3 heterocycles. The molecule has 132 valence electrons. The summed E-state index contributed by atoms with van der Waals surface area (Å²) < 4.78 is 4.03. The number of fused-ring (bicyclic) bond motifs is 1. The van der Waals surface area contributed by atoms with E-state index in [9.17, 15) is 4.79 Å². The number of hydrogen-bond acceptors (Lipinski definition) is 3. The number of carbonyl (C=O) groups is 1. The van der Waals surface area contributed by atoms with Gasteiger partial charge in [-0.05, 0) is 30.3 Å². The van der Waals surface area contributed by atoms with Crippen molar-refractivity contribution >= 4 is 39.7 Å². The van der Waals surface area contributed by atoms with E-state index >= 15 is 0 Å². The predicted molar refractivity (Wildman–Crippen MR) is 105 cm³/mol. The Morgan fingerprint density at radius 1 is 1.15 bits per heavy atom. The lowest BCUT2D eigenvalue weighted by molar-refractivity contribution is -0.120. The van der Waals surface area contributed by atoms with E-state index in [0.717, 1.165) is 26.8 Å². The van der Waals surface area contributed by atoms with Crippen molar-refractivity contribution in [3.63, 3.8) is 0 Å². The predicted octanol–water partition coefficient (Wildman–Crippen LogP) is 3.90. The van der Waals surface area contributed by atoms with Gasteiger partial charge in [0.25, 0.3) is 0 Å². The molecule has 0 aliphatic heterocycles. The Bertz CT molecular complexity index is 1040. The lowest BCUT2D eigenvalue weighted by atomic mass is 10.2. The van der Waals surface area contributed by atoms with Gasteiger partial charge < -0.3 is 14.5 Å². The first-order chi connectivity index (χ1) is 12.7. The van der Waals surface area contributed by atoms with Crippen LogP contribution < -0.4 is 5.32 Å². The number of benzene rings is 1. The molecule has 1 N–H and O–H groups in total. The van der Waals surface area contributed by atoms with Gasteiger partial charge in [0.05, 0.1) is 12.1 Å². The van der Waals surface area contributed by atoms with Gasteiger partial charge >= 0.3 is 0 Å². The Labute approximate surface area is 159 Å². The molecule has 0 radical (unpaired) electrons. The molecule has 0 bridgehead atoms. The molecule has 0 atom stereocenters. The van der Waals surface area contributed by atoms with Crippen LogP contribution >= 0.6 is 22.9 Å². The first-order valence-electron chi connectivity index (χ1n) is 8.28. The van der Waals surface area contributed by atoms with Crippen LogP contribution in [0.15, 0.2) is 60.4 Å². The van der Waals surface area contributed by atoms with Crippen LogP contribution in [-0.2, 0) is 17.8 Å². The number of nitrogens with one attached hydrogen (secondary N) is 1. The molecule has 1 amide bonds. The maximum absolute atomic E-state index is 12.2. The third-order valence-corrected chi connectivity index (χ3v) is 5.37. The standard InChI is InChI=1S/C19H17ClN4OS/c20-16-4-3-5-17-15(16)6-10-23(17)11-7-21-18(25)12-14-13-26-19(22-14)24-8-1-2-9-24/h1-6,8-10,13H,7,11-12H2,(H,21,25). The third kappa shape index (κ3) is 3.52. The highest BCUT2D eigenvalue weighted by molar-refractivity contribution is 7.12. The van der Waals surface area contributed by atoms with Crippen molar-refractivity contribution in [1.82, 2.24) is 19.4 Å². The number of carbonyl (C=O) groups excluding carboxylic acids is 1. The van der Waals surface area contributed by atoms with Crippen molar-refractivity contribution in [2.45, 2.75) is 13.0 Å². The highest BCUT2D eigenvalue weighted by atomic mass is 35.5. The zero-order valence-corrected chi connectivity index (χ0v) is 15.5. The molecule has 5 nitrogen and oxygen atoms in total. The van der Waals surface area contributed by atoms with Crippen LogP contribution in [0.3, 0.4) is 0 Å². The highest BCUT2D eigenvalue weighted by Gasteiger charge is 2.09. The molecule has 7 heteroatoms. The van der Waals surface area contributed by atoms with Crippen molar-refractivity contribution in [1.29, 1.82) is 0 Å². The fraction of sp³-hybridized carbons (Fsp3) is 0.158. The minimum atomic E-state index is -0.0242. The number of halogens is 1. The summed E-state index contributed by atoms with van der Waals surface area (Å²) in [6, 6.07) is 11.7. The molecule has 4 rings (SSSR count). The normalized spacial score (nSPS) is 11.1. The van der Waals surface area contributed by atoms with Gasteiger partial charge in [-0.1, -0.05) is 17.7 Å². The highest BCUT2D eigenvalue weighted by Crippen LogP contribution is 2.24. The quantitative estimate of drug-likeness (QED) is 0.548. The van der Waals surface area contributed by atoms with Gasteiger partial charge in [0.15, 0.2) is 5.13 Å². The van der Waals surface area contributed by atoms with Crippen molar-refractivity contribution in [3.05, 3.63) is 71.1 Å². The van der Waals surface area contributed by atoms with Crippen LogP contribution in [0.5, 0.6) is 0 Å². The summed E-state index contributed by atoms with van der Waals surface area (Å²) in [6.07, 6.45) is 6.16. The van der Waals surface area contributed by atoms with Gasteiger partial charge in [-0.2, -0.15) is 0 Å². The number of aromatic nitrogens is 3. The topological polar surface area (TPSA) is 51.9 Å². The fourth-order valence-corrected chi connectivity index (χ4v) is 3.91. The number of nitrogens with zero attached hydrogens (tertiary/aromatic N) is 3. The molecule has 0 spiro atoms. The number of amides is 1. The average Bonchev–Trinajstić information content (AvgIpc) is 3.35. The van der Waals surface area contributed by atoms with Gasteiger partial charge in [-0.25, -0.2) is 4.98 Å². The molecule has 0 saturated carbocycles. The number of thiazole rings is 1. The van der Waals surface area contributed by atoms with E-state index in [2.05, 4.69) is 14.9 Å². The van der Waals surface area contributed by atoms with Crippen LogP contribution in [-0.4, -0.2) is 26.6 Å². The van der Waals surface area contributed by atoms with E-state index < -0.39 is 0 Å². The molecular weight excluding hydrogens is 368 g/mol. The summed E-state index contributed by atoms with van der Waals surface area (Å²) >= 11 is 7.72. The molecular formula is C19H17ClN4OS. The minimum Gasteiger partial charge on any atom is -0.354 e. The summed E-state index contributed by atoms with van der Waals surface area (Å²) in [4.78, 5) is 16.7. The SMILES string of the molecule is O=C(Cc1csc(-n2cccc2)n1)NCCn1ccc2c(Cl)cccc21. The van der Waals surface area contributed by atoms with Gasteiger partial charge in [0, 0.05) is 53.0 Å². The lowest BCUT2D eigenvalue weighted by Crippen LogP contribution is -2.28. The van der Waals surface area contributed by atoms with Crippen molar-refractivity contribution in [2.75, 3.05) is 6.54 Å². The lowest BCUT2D eigenvalue weighted by Gasteiger charge is -2.07. The van der Waals surface area contributed by atoms with Gasteiger partial charge in [0.1, 0.15) is 0 Å². The van der Waals surface area contributed by atoms with Crippen LogP contribution in [0, 0.1) is 0 Å². The Hall–Kier alpha value is -2.57. The molecule has 0 aliphatic rings. The van der Waals surface area contributed by atoms with Crippen LogP contribution in [0.2, 0.25) is 5.02 Å². The zero-order chi connectivity index (χ0) is 17.9. The smallest absolute Gasteiger partial charge is 0.226 e. The molecule has 26 heavy (non-hydrogen) atoms. The second kappa shape index (κ2) is 7.35. The molecule has 0 aliphatic carbocycles. The van der Waals surface area contributed by atoms with E-state index in [-0.39, 0.29) is 12.3 Å². The number of hydrogen-bond donors (Lipinski definition) is 1. The monoisotopic (exact) mass is 384 g/mol. The summed E-state index contributed by atoms with van der Waals surface area (Å²) in [5, 5.41) is 7.52. The van der Waals surface area contributed by atoms with Gasteiger partial charge in [0.2, 0.25) is 5.91 Å². The second-order valence-corrected chi connectivity index (χ2v) is 7.16. The molecule has 0 unspecified atom stereocenters. The van der Waals surface area contributed by atoms with Crippen LogP contribution in [0.4, 0.5) is 0 Å². The summed E-state index contributed by atoms with van der Waals surface area (Å²) in [5.41, 5.74) is 1.86. The molecule has 1 aromatic carbocycles. The minimum absolute atomic E-state index is 0.0242.